The highest BCUT2D eigenvalue weighted by Gasteiger charge is 2.12. The van der Waals surface area contributed by atoms with Crippen LogP contribution in [0.5, 0.6) is 0 Å². The third-order valence-corrected chi connectivity index (χ3v) is 5.42. The number of fused-ring (bicyclic) bond motifs is 1. The van der Waals surface area contributed by atoms with Crippen LogP contribution in [0.25, 0.3) is 10.2 Å². The van der Waals surface area contributed by atoms with Gasteiger partial charge in [-0.3, -0.25) is 4.79 Å². The normalized spacial score (nSPS) is 12.0. The molecule has 0 saturated heterocycles. The molecule has 130 valence electrons. The van der Waals surface area contributed by atoms with E-state index in [9.17, 15) is 4.79 Å². The van der Waals surface area contributed by atoms with E-state index in [1.807, 2.05) is 54.0 Å². The molecular weight excluding hydrogens is 356 g/mol. The molecule has 0 aliphatic rings. The molecule has 0 aliphatic heterocycles. The predicted molar refractivity (Wildman–Crippen MR) is 102 cm³/mol. The van der Waals surface area contributed by atoms with E-state index in [4.69, 9.17) is 16.3 Å². The number of rotatable bonds is 5. The van der Waals surface area contributed by atoms with Gasteiger partial charge in [-0.2, -0.15) is 4.99 Å². The molecule has 0 spiro atoms. The lowest BCUT2D eigenvalue weighted by molar-refractivity contribution is -0.117. The summed E-state index contributed by atoms with van der Waals surface area (Å²) in [5, 5.41) is 0.707. The molecule has 2 aromatic carbocycles. The number of amides is 1. The molecule has 1 heterocycles. The number of carbonyl (C=O) groups excluding carboxylic acids is 1. The minimum Gasteiger partial charge on any atom is -0.383 e. The number of halogens is 1. The molecule has 4 nitrogen and oxygen atoms in total. The average molecular weight is 375 g/mol. The van der Waals surface area contributed by atoms with E-state index in [0.29, 0.717) is 29.4 Å². The quantitative estimate of drug-likeness (QED) is 0.678. The number of aromatic nitrogens is 1. The Balaban J connectivity index is 2.05. The largest absolute Gasteiger partial charge is 0.383 e. The van der Waals surface area contributed by atoms with Gasteiger partial charge in [0.05, 0.1) is 23.2 Å². The average Bonchev–Trinajstić information content (AvgIpc) is 2.95. The molecule has 3 rings (SSSR count). The summed E-state index contributed by atoms with van der Waals surface area (Å²) in [6, 6.07) is 13.5. The second-order valence-electron chi connectivity index (χ2n) is 5.72. The molecule has 0 unspecified atom stereocenters. The molecule has 0 atom stereocenters. The van der Waals surface area contributed by atoms with Crippen LogP contribution in [0.3, 0.4) is 0 Å². The van der Waals surface area contributed by atoms with Crippen molar-refractivity contribution in [2.24, 2.45) is 4.99 Å². The molecule has 6 heteroatoms. The summed E-state index contributed by atoms with van der Waals surface area (Å²) in [7, 11) is 1.66. The van der Waals surface area contributed by atoms with Gasteiger partial charge in [0.15, 0.2) is 4.80 Å². The first-order valence-corrected chi connectivity index (χ1v) is 9.18. The Hall–Kier alpha value is -1.95. The fourth-order valence-electron chi connectivity index (χ4n) is 2.71. The van der Waals surface area contributed by atoms with Crippen LogP contribution >= 0.6 is 22.9 Å². The Kier molecular flexibility index (Phi) is 5.68. The van der Waals surface area contributed by atoms with E-state index in [2.05, 4.69) is 4.99 Å². The molecule has 1 aromatic heterocycles. The zero-order valence-electron chi connectivity index (χ0n) is 14.2. The first-order chi connectivity index (χ1) is 12.1. The van der Waals surface area contributed by atoms with Crippen molar-refractivity contribution in [2.45, 2.75) is 19.9 Å². The van der Waals surface area contributed by atoms with Gasteiger partial charge in [-0.25, -0.2) is 0 Å². The maximum absolute atomic E-state index is 12.4. The first-order valence-electron chi connectivity index (χ1n) is 7.99. The molecule has 0 saturated carbocycles. The molecule has 1 amide bonds. The summed E-state index contributed by atoms with van der Waals surface area (Å²) in [6.07, 6.45) is 0.291. The van der Waals surface area contributed by atoms with Crippen molar-refractivity contribution < 1.29 is 9.53 Å². The van der Waals surface area contributed by atoms with Gasteiger partial charge >= 0.3 is 0 Å². The van der Waals surface area contributed by atoms with Crippen LogP contribution in [0, 0.1) is 6.92 Å². The van der Waals surface area contributed by atoms with Crippen LogP contribution in [0.4, 0.5) is 0 Å². The maximum atomic E-state index is 12.4. The summed E-state index contributed by atoms with van der Waals surface area (Å²) in [5.74, 6) is -0.160. The van der Waals surface area contributed by atoms with E-state index in [1.165, 1.54) is 11.3 Å². The number of aryl methyl sites for hydroxylation is 1. The van der Waals surface area contributed by atoms with E-state index in [1.54, 1.807) is 7.11 Å². The van der Waals surface area contributed by atoms with Crippen LogP contribution < -0.4 is 4.80 Å². The second-order valence-corrected chi connectivity index (χ2v) is 7.13. The van der Waals surface area contributed by atoms with Gasteiger partial charge in [0, 0.05) is 18.7 Å². The van der Waals surface area contributed by atoms with E-state index in [-0.39, 0.29) is 5.91 Å². The maximum Gasteiger partial charge on any atom is 0.252 e. The lowest BCUT2D eigenvalue weighted by atomic mass is 10.1. The van der Waals surface area contributed by atoms with Gasteiger partial charge in [0.1, 0.15) is 0 Å². The minimum atomic E-state index is -0.160. The predicted octanol–water partition coefficient (Wildman–Crippen LogP) is 3.98. The van der Waals surface area contributed by atoms with Gasteiger partial charge < -0.3 is 9.30 Å². The molecule has 0 bridgehead atoms. The molecule has 25 heavy (non-hydrogen) atoms. The zero-order valence-corrected chi connectivity index (χ0v) is 15.7. The SMILES string of the molecule is COCCn1c(=NC(=O)Cc2ccccc2)sc2ccc(Cl)c(C)c21. The second kappa shape index (κ2) is 7.95. The minimum absolute atomic E-state index is 0.160. The fraction of sp³-hybridized carbons (Fsp3) is 0.263. The van der Waals surface area contributed by atoms with Gasteiger partial charge in [-0.15, -0.1) is 0 Å². The summed E-state index contributed by atoms with van der Waals surface area (Å²) in [6.45, 7) is 3.14. The molecular formula is C19H19ClN2O2S. The molecule has 0 fully saturated rings. The smallest absolute Gasteiger partial charge is 0.252 e. The Bertz CT molecular complexity index is 961. The van der Waals surface area contributed by atoms with Crippen molar-refractivity contribution in [3.63, 3.8) is 0 Å². The van der Waals surface area contributed by atoms with Gasteiger partial charge in [0.2, 0.25) is 0 Å². The lowest BCUT2D eigenvalue weighted by Gasteiger charge is -2.07. The summed E-state index contributed by atoms with van der Waals surface area (Å²) in [5.41, 5.74) is 2.96. The van der Waals surface area contributed by atoms with Crippen molar-refractivity contribution >= 4 is 39.1 Å². The van der Waals surface area contributed by atoms with Crippen molar-refractivity contribution in [3.8, 4) is 0 Å². The number of carbonyl (C=O) groups is 1. The number of benzene rings is 2. The standard InChI is InChI=1S/C19H19ClN2O2S/c1-13-15(20)8-9-16-18(13)22(10-11-24-2)19(25-16)21-17(23)12-14-6-4-3-5-7-14/h3-9H,10-12H2,1-2H3. The number of thiazole rings is 1. The van der Waals surface area contributed by atoms with E-state index < -0.39 is 0 Å². The van der Waals surface area contributed by atoms with Crippen LogP contribution in [0.1, 0.15) is 11.1 Å². The first kappa shape index (κ1) is 17.9. The Labute approximate surface area is 155 Å². The van der Waals surface area contributed by atoms with Crippen LogP contribution in [0.15, 0.2) is 47.5 Å². The third-order valence-electron chi connectivity index (χ3n) is 3.97. The van der Waals surface area contributed by atoms with Crippen molar-refractivity contribution in [3.05, 3.63) is 63.4 Å². The molecule has 0 aliphatic carbocycles. The summed E-state index contributed by atoms with van der Waals surface area (Å²) in [4.78, 5) is 17.4. The topological polar surface area (TPSA) is 43.6 Å². The highest BCUT2D eigenvalue weighted by molar-refractivity contribution is 7.16. The van der Waals surface area contributed by atoms with Gasteiger partial charge in [0.25, 0.3) is 5.91 Å². The van der Waals surface area contributed by atoms with Crippen molar-refractivity contribution in [2.75, 3.05) is 13.7 Å². The van der Waals surface area contributed by atoms with Crippen molar-refractivity contribution in [1.82, 2.24) is 4.57 Å². The Morgan fingerprint density at radius 1 is 1.24 bits per heavy atom. The Morgan fingerprint density at radius 2 is 2.00 bits per heavy atom. The number of ether oxygens (including phenoxy) is 1. The van der Waals surface area contributed by atoms with Crippen LogP contribution in [-0.4, -0.2) is 24.2 Å². The summed E-state index contributed by atoms with van der Waals surface area (Å²) >= 11 is 7.78. The highest BCUT2D eigenvalue weighted by atomic mass is 35.5. The highest BCUT2D eigenvalue weighted by Crippen LogP contribution is 2.27. The Morgan fingerprint density at radius 3 is 2.72 bits per heavy atom. The molecule has 0 N–H and O–H groups in total. The van der Waals surface area contributed by atoms with Crippen LogP contribution in [0.2, 0.25) is 5.02 Å². The van der Waals surface area contributed by atoms with Crippen molar-refractivity contribution in [1.29, 1.82) is 0 Å². The number of hydrogen-bond donors (Lipinski definition) is 0. The monoisotopic (exact) mass is 374 g/mol. The van der Waals surface area contributed by atoms with E-state index >= 15 is 0 Å². The third kappa shape index (κ3) is 4.00. The number of methoxy groups -OCH3 is 1. The van der Waals surface area contributed by atoms with Crippen LogP contribution in [-0.2, 0) is 22.5 Å². The van der Waals surface area contributed by atoms with Gasteiger partial charge in [-0.1, -0.05) is 53.3 Å². The number of hydrogen-bond acceptors (Lipinski definition) is 3. The molecule has 3 aromatic rings. The number of nitrogens with zero attached hydrogens (tertiary/aromatic N) is 2. The fourth-order valence-corrected chi connectivity index (χ4v) is 3.99. The molecule has 0 radical (unpaired) electrons. The zero-order chi connectivity index (χ0) is 17.8. The lowest BCUT2D eigenvalue weighted by Crippen LogP contribution is -2.20. The van der Waals surface area contributed by atoms with E-state index in [0.717, 1.165) is 21.3 Å². The summed E-state index contributed by atoms with van der Waals surface area (Å²) < 4.78 is 8.29. The van der Waals surface area contributed by atoms with Gasteiger partial charge in [-0.05, 0) is 30.2 Å².